The highest BCUT2D eigenvalue weighted by Gasteiger charge is 2.08. The lowest BCUT2D eigenvalue weighted by atomic mass is 10.2. The van der Waals surface area contributed by atoms with Crippen LogP contribution < -0.4 is 10.9 Å². The second kappa shape index (κ2) is 7.51. The molecular formula is C17H19N5O. The minimum atomic E-state index is 0.515. The van der Waals surface area contributed by atoms with Crippen LogP contribution >= 0.6 is 0 Å². The van der Waals surface area contributed by atoms with E-state index in [1.165, 1.54) is 0 Å². The minimum absolute atomic E-state index is 0.515. The third kappa shape index (κ3) is 3.92. The molecule has 0 aliphatic carbocycles. The summed E-state index contributed by atoms with van der Waals surface area (Å²) in [6.07, 6.45) is 2.45. The van der Waals surface area contributed by atoms with Gasteiger partial charge in [-0.1, -0.05) is 18.2 Å². The average molecular weight is 309 g/mol. The Hall–Kier alpha value is -2.73. The monoisotopic (exact) mass is 309 g/mol. The summed E-state index contributed by atoms with van der Waals surface area (Å²) in [5, 5.41) is 0. The maximum Gasteiger partial charge on any atom is 0.242 e. The predicted molar refractivity (Wildman–Crippen MR) is 91.2 cm³/mol. The first-order chi connectivity index (χ1) is 11.4. The van der Waals surface area contributed by atoms with Gasteiger partial charge in [0, 0.05) is 19.2 Å². The van der Waals surface area contributed by atoms with Gasteiger partial charge >= 0.3 is 0 Å². The second-order valence-electron chi connectivity index (χ2n) is 4.93. The fraction of sp³-hybridized carbons (Fsp3) is 0.235. The quantitative estimate of drug-likeness (QED) is 0.516. The van der Waals surface area contributed by atoms with Crippen molar-refractivity contribution in [1.82, 2.24) is 15.0 Å². The molecule has 6 nitrogen and oxygen atoms in total. The molecule has 0 atom stereocenters. The van der Waals surface area contributed by atoms with Crippen LogP contribution in [-0.4, -0.2) is 28.2 Å². The summed E-state index contributed by atoms with van der Waals surface area (Å²) >= 11 is 0. The van der Waals surface area contributed by atoms with Crippen molar-refractivity contribution in [1.29, 1.82) is 0 Å². The standard InChI is InChI=1S/C17H19N5O/c1-2-23-12-10-15-16-14(9-6-11-18-16)19-17(20-15)22-21-13-7-4-3-5-8-13/h3-9,11,21H,2,10,12H2,1H3,(H,19,20,22). The van der Waals surface area contributed by atoms with Crippen molar-refractivity contribution in [2.75, 3.05) is 24.1 Å². The average Bonchev–Trinajstić information content (AvgIpc) is 2.61. The second-order valence-corrected chi connectivity index (χ2v) is 4.93. The molecule has 0 radical (unpaired) electrons. The largest absolute Gasteiger partial charge is 0.381 e. The van der Waals surface area contributed by atoms with E-state index in [1.54, 1.807) is 6.20 Å². The zero-order valence-corrected chi connectivity index (χ0v) is 13.0. The number of para-hydroxylation sites is 1. The Morgan fingerprint density at radius 3 is 2.70 bits per heavy atom. The molecule has 0 fully saturated rings. The number of fused-ring (bicyclic) bond motifs is 1. The summed E-state index contributed by atoms with van der Waals surface area (Å²) in [5.74, 6) is 0.515. The third-order valence-corrected chi connectivity index (χ3v) is 3.31. The lowest BCUT2D eigenvalue weighted by Crippen LogP contribution is -2.13. The van der Waals surface area contributed by atoms with Gasteiger partial charge in [0.2, 0.25) is 5.95 Å². The van der Waals surface area contributed by atoms with Crippen LogP contribution in [0.3, 0.4) is 0 Å². The van der Waals surface area contributed by atoms with E-state index in [4.69, 9.17) is 4.74 Å². The fourth-order valence-electron chi connectivity index (χ4n) is 2.22. The zero-order valence-electron chi connectivity index (χ0n) is 13.0. The number of pyridine rings is 1. The number of nitrogens with zero attached hydrogens (tertiary/aromatic N) is 3. The Kier molecular flexibility index (Phi) is 4.95. The normalized spacial score (nSPS) is 10.7. The number of hydrogen-bond donors (Lipinski definition) is 2. The van der Waals surface area contributed by atoms with Gasteiger partial charge in [0.15, 0.2) is 0 Å². The number of rotatable bonds is 7. The maximum atomic E-state index is 5.43. The summed E-state index contributed by atoms with van der Waals surface area (Å²) in [7, 11) is 0. The molecule has 0 saturated heterocycles. The summed E-state index contributed by atoms with van der Waals surface area (Å²) in [6, 6.07) is 13.6. The van der Waals surface area contributed by atoms with Crippen molar-refractivity contribution in [2.24, 2.45) is 0 Å². The highest BCUT2D eigenvalue weighted by atomic mass is 16.5. The third-order valence-electron chi connectivity index (χ3n) is 3.31. The van der Waals surface area contributed by atoms with Gasteiger partial charge in [-0.05, 0) is 31.2 Å². The molecule has 1 aromatic carbocycles. The molecule has 2 heterocycles. The number of hydrogen-bond acceptors (Lipinski definition) is 6. The lowest BCUT2D eigenvalue weighted by Gasteiger charge is -2.11. The van der Waals surface area contributed by atoms with Gasteiger partial charge < -0.3 is 4.74 Å². The molecule has 0 bridgehead atoms. The van der Waals surface area contributed by atoms with Gasteiger partial charge in [-0.25, -0.2) is 9.97 Å². The van der Waals surface area contributed by atoms with Crippen LogP contribution in [0.5, 0.6) is 0 Å². The van der Waals surface area contributed by atoms with Crippen LogP contribution in [0.2, 0.25) is 0 Å². The van der Waals surface area contributed by atoms with Crippen molar-refractivity contribution < 1.29 is 4.74 Å². The maximum absolute atomic E-state index is 5.43. The first-order valence-electron chi connectivity index (χ1n) is 7.63. The summed E-state index contributed by atoms with van der Waals surface area (Å²) < 4.78 is 5.43. The van der Waals surface area contributed by atoms with Gasteiger partial charge in [-0.2, -0.15) is 0 Å². The number of benzene rings is 1. The van der Waals surface area contributed by atoms with Crippen molar-refractivity contribution in [2.45, 2.75) is 13.3 Å². The highest BCUT2D eigenvalue weighted by Crippen LogP contribution is 2.16. The van der Waals surface area contributed by atoms with Crippen molar-refractivity contribution >= 4 is 22.7 Å². The van der Waals surface area contributed by atoms with Crippen LogP contribution in [0, 0.1) is 0 Å². The molecule has 0 saturated carbocycles. The Balaban J connectivity index is 1.82. The van der Waals surface area contributed by atoms with E-state index < -0.39 is 0 Å². The van der Waals surface area contributed by atoms with Crippen LogP contribution in [0.4, 0.5) is 11.6 Å². The summed E-state index contributed by atoms with van der Waals surface area (Å²) in [6.45, 7) is 3.29. The summed E-state index contributed by atoms with van der Waals surface area (Å²) in [5.41, 5.74) is 9.58. The molecule has 2 N–H and O–H groups in total. The highest BCUT2D eigenvalue weighted by molar-refractivity contribution is 5.77. The molecule has 0 amide bonds. The molecule has 2 aromatic heterocycles. The van der Waals surface area contributed by atoms with Gasteiger partial charge in [-0.15, -0.1) is 0 Å². The summed E-state index contributed by atoms with van der Waals surface area (Å²) in [4.78, 5) is 13.4. The van der Waals surface area contributed by atoms with Crippen LogP contribution in [0.15, 0.2) is 48.7 Å². The van der Waals surface area contributed by atoms with E-state index in [9.17, 15) is 0 Å². The molecule has 6 heteroatoms. The molecule has 0 unspecified atom stereocenters. The first kappa shape index (κ1) is 15.2. The predicted octanol–water partition coefficient (Wildman–Crippen LogP) is 3.04. The van der Waals surface area contributed by atoms with Gasteiger partial charge in [0.1, 0.15) is 5.52 Å². The van der Waals surface area contributed by atoms with E-state index in [2.05, 4.69) is 25.8 Å². The van der Waals surface area contributed by atoms with Crippen molar-refractivity contribution in [3.8, 4) is 0 Å². The van der Waals surface area contributed by atoms with E-state index in [0.717, 1.165) is 22.4 Å². The number of ether oxygens (including phenoxy) is 1. The van der Waals surface area contributed by atoms with E-state index in [1.807, 2.05) is 49.4 Å². The van der Waals surface area contributed by atoms with Crippen LogP contribution in [0.1, 0.15) is 12.6 Å². The molecular weight excluding hydrogens is 290 g/mol. The molecule has 118 valence electrons. The van der Waals surface area contributed by atoms with Crippen LogP contribution in [0.25, 0.3) is 11.0 Å². The van der Waals surface area contributed by atoms with Gasteiger partial charge in [-0.3, -0.25) is 15.8 Å². The number of aromatic nitrogens is 3. The molecule has 0 aliphatic heterocycles. The molecule has 3 aromatic rings. The molecule has 23 heavy (non-hydrogen) atoms. The van der Waals surface area contributed by atoms with E-state index in [0.29, 0.717) is 25.6 Å². The SMILES string of the molecule is CCOCCc1nc(NNc2ccccc2)nc2cccnc12. The topological polar surface area (TPSA) is 72.0 Å². The van der Waals surface area contributed by atoms with E-state index in [-0.39, 0.29) is 0 Å². The number of hydrazine groups is 1. The Morgan fingerprint density at radius 2 is 1.87 bits per heavy atom. The Labute approximate surface area is 134 Å². The van der Waals surface area contributed by atoms with E-state index >= 15 is 0 Å². The fourth-order valence-corrected chi connectivity index (χ4v) is 2.22. The Bertz CT molecular complexity index is 763. The smallest absolute Gasteiger partial charge is 0.242 e. The first-order valence-corrected chi connectivity index (χ1v) is 7.63. The number of anilines is 2. The lowest BCUT2D eigenvalue weighted by molar-refractivity contribution is 0.150. The van der Waals surface area contributed by atoms with Crippen LogP contribution in [-0.2, 0) is 11.2 Å². The van der Waals surface area contributed by atoms with Crippen molar-refractivity contribution in [3.63, 3.8) is 0 Å². The molecule has 0 aliphatic rings. The van der Waals surface area contributed by atoms with Gasteiger partial charge in [0.05, 0.1) is 23.5 Å². The number of nitrogens with one attached hydrogen (secondary N) is 2. The van der Waals surface area contributed by atoms with Crippen molar-refractivity contribution in [3.05, 3.63) is 54.4 Å². The molecule has 3 rings (SSSR count). The van der Waals surface area contributed by atoms with Gasteiger partial charge in [0.25, 0.3) is 0 Å². The minimum Gasteiger partial charge on any atom is -0.381 e. The zero-order chi connectivity index (χ0) is 15.9. The Morgan fingerprint density at radius 1 is 1.00 bits per heavy atom. The molecule has 0 spiro atoms.